The number of rotatable bonds is 5. The number of nitrogens with zero attached hydrogens (tertiary/aromatic N) is 1. The Kier molecular flexibility index (Phi) is 5.82. The molecule has 2 aromatic rings. The Labute approximate surface area is 141 Å². The molecule has 0 atom stereocenters. The van der Waals surface area contributed by atoms with Crippen molar-refractivity contribution in [3.05, 3.63) is 82.3 Å². The van der Waals surface area contributed by atoms with Gasteiger partial charge in [-0.25, -0.2) is 10.2 Å². The molecular formula is C17H13BrN2O3. The number of carbonyl (C=O) groups is 2. The Morgan fingerprint density at radius 1 is 0.957 bits per heavy atom. The van der Waals surface area contributed by atoms with E-state index < -0.39 is 11.9 Å². The van der Waals surface area contributed by atoms with Crippen LogP contribution in [0, 0.1) is 0 Å². The average Bonchev–Trinajstić information content (AvgIpc) is 2.55. The maximum Gasteiger partial charge on any atom is 0.328 e. The van der Waals surface area contributed by atoms with E-state index in [-0.39, 0.29) is 0 Å². The topological polar surface area (TPSA) is 78.8 Å². The summed E-state index contributed by atoms with van der Waals surface area (Å²) in [5.41, 5.74) is 4.57. The molecule has 0 heterocycles. The van der Waals surface area contributed by atoms with Crippen molar-refractivity contribution in [2.75, 3.05) is 0 Å². The smallest absolute Gasteiger partial charge is 0.328 e. The van der Waals surface area contributed by atoms with E-state index in [1.54, 1.807) is 0 Å². The molecular weight excluding hydrogens is 360 g/mol. The molecule has 0 unspecified atom stereocenters. The molecule has 0 spiro atoms. The number of hydrazone groups is 1. The van der Waals surface area contributed by atoms with E-state index in [2.05, 4.69) is 26.5 Å². The molecule has 0 aliphatic rings. The Morgan fingerprint density at radius 3 is 2.17 bits per heavy atom. The Hall–Kier alpha value is -2.73. The SMILES string of the molecule is O=C(O)C=CC(=O)NN=C(c1ccccc1)c1ccc(Br)cc1. The average molecular weight is 373 g/mol. The minimum Gasteiger partial charge on any atom is -0.478 e. The van der Waals surface area contributed by atoms with Gasteiger partial charge in [-0.15, -0.1) is 0 Å². The molecule has 6 heteroatoms. The maximum absolute atomic E-state index is 11.6. The lowest BCUT2D eigenvalue weighted by Crippen LogP contribution is -2.18. The summed E-state index contributed by atoms with van der Waals surface area (Å²) in [7, 11) is 0. The van der Waals surface area contributed by atoms with Gasteiger partial charge in [0.2, 0.25) is 0 Å². The van der Waals surface area contributed by atoms with Crippen LogP contribution < -0.4 is 5.43 Å². The summed E-state index contributed by atoms with van der Waals surface area (Å²) >= 11 is 3.37. The minimum atomic E-state index is -1.19. The quantitative estimate of drug-likeness (QED) is 0.481. The first-order valence-corrected chi connectivity index (χ1v) is 7.45. The number of carboxylic acid groups (broad SMARTS) is 1. The standard InChI is InChI=1S/C17H13BrN2O3/c18-14-8-6-13(7-9-14)17(12-4-2-1-3-5-12)20-19-15(21)10-11-16(22)23/h1-11H,(H,19,21)(H,22,23). The first-order valence-electron chi connectivity index (χ1n) is 6.66. The molecule has 0 bridgehead atoms. The zero-order valence-corrected chi connectivity index (χ0v) is 13.5. The predicted octanol–water partition coefficient (Wildman–Crippen LogP) is 2.96. The highest BCUT2D eigenvalue weighted by Crippen LogP contribution is 2.15. The van der Waals surface area contributed by atoms with Crippen LogP contribution in [0.2, 0.25) is 0 Å². The monoisotopic (exact) mass is 372 g/mol. The van der Waals surface area contributed by atoms with Crippen molar-refractivity contribution in [2.45, 2.75) is 0 Å². The van der Waals surface area contributed by atoms with Gasteiger partial charge in [0.25, 0.3) is 5.91 Å². The lowest BCUT2D eigenvalue weighted by Gasteiger charge is -2.07. The van der Waals surface area contributed by atoms with E-state index >= 15 is 0 Å². The van der Waals surface area contributed by atoms with Gasteiger partial charge in [0.1, 0.15) is 0 Å². The number of halogens is 1. The van der Waals surface area contributed by atoms with E-state index in [0.29, 0.717) is 5.71 Å². The fourth-order valence-electron chi connectivity index (χ4n) is 1.79. The molecule has 0 aliphatic carbocycles. The third-order valence-corrected chi connectivity index (χ3v) is 3.35. The number of benzene rings is 2. The summed E-state index contributed by atoms with van der Waals surface area (Å²) < 4.78 is 0.932. The van der Waals surface area contributed by atoms with E-state index in [4.69, 9.17) is 5.11 Å². The number of hydrogen-bond donors (Lipinski definition) is 2. The van der Waals surface area contributed by atoms with Crippen LogP contribution in [0.4, 0.5) is 0 Å². The van der Waals surface area contributed by atoms with Crippen LogP contribution in [0.1, 0.15) is 11.1 Å². The van der Waals surface area contributed by atoms with Gasteiger partial charge in [-0.1, -0.05) is 58.4 Å². The lowest BCUT2D eigenvalue weighted by atomic mass is 10.0. The summed E-state index contributed by atoms with van der Waals surface area (Å²) in [5, 5.41) is 12.6. The van der Waals surface area contributed by atoms with Crippen LogP contribution in [-0.4, -0.2) is 22.7 Å². The van der Waals surface area contributed by atoms with Crippen LogP contribution in [0.3, 0.4) is 0 Å². The second kappa shape index (κ2) is 8.05. The van der Waals surface area contributed by atoms with E-state index in [0.717, 1.165) is 27.8 Å². The van der Waals surface area contributed by atoms with Crippen LogP contribution in [0.5, 0.6) is 0 Å². The van der Waals surface area contributed by atoms with Gasteiger partial charge in [-0.05, 0) is 12.1 Å². The molecule has 2 N–H and O–H groups in total. The normalized spacial score (nSPS) is 11.4. The number of carboxylic acids is 1. The molecule has 0 aliphatic heterocycles. The van der Waals surface area contributed by atoms with Crippen LogP contribution >= 0.6 is 15.9 Å². The summed E-state index contributed by atoms with van der Waals surface area (Å²) in [6, 6.07) is 16.9. The van der Waals surface area contributed by atoms with Crippen molar-refractivity contribution in [3.63, 3.8) is 0 Å². The van der Waals surface area contributed by atoms with Gasteiger partial charge in [-0.3, -0.25) is 4.79 Å². The zero-order chi connectivity index (χ0) is 16.7. The predicted molar refractivity (Wildman–Crippen MR) is 91.1 cm³/mol. The Morgan fingerprint density at radius 2 is 1.57 bits per heavy atom. The molecule has 0 saturated carbocycles. The summed E-state index contributed by atoms with van der Waals surface area (Å²) in [4.78, 5) is 22.0. The minimum absolute atomic E-state index is 0.579. The molecule has 0 fully saturated rings. The first-order chi connectivity index (χ1) is 11.1. The highest BCUT2D eigenvalue weighted by molar-refractivity contribution is 9.10. The summed E-state index contributed by atoms with van der Waals surface area (Å²) in [6.07, 6.45) is 1.67. The Bertz CT molecular complexity index is 753. The molecule has 0 radical (unpaired) electrons. The van der Waals surface area contributed by atoms with E-state index in [1.165, 1.54) is 0 Å². The number of amides is 1. The number of nitrogens with one attached hydrogen (secondary N) is 1. The largest absolute Gasteiger partial charge is 0.478 e. The number of carbonyl (C=O) groups excluding carboxylic acids is 1. The molecule has 1 amide bonds. The fraction of sp³-hybridized carbons (Fsp3) is 0. The van der Waals surface area contributed by atoms with E-state index in [1.807, 2.05) is 54.6 Å². The van der Waals surface area contributed by atoms with Crippen molar-refractivity contribution in [2.24, 2.45) is 5.10 Å². The molecule has 23 heavy (non-hydrogen) atoms. The van der Waals surface area contributed by atoms with E-state index in [9.17, 15) is 9.59 Å². The highest BCUT2D eigenvalue weighted by Gasteiger charge is 2.07. The lowest BCUT2D eigenvalue weighted by molar-refractivity contribution is -0.131. The van der Waals surface area contributed by atoms with Crippen molar-refractivity contribution >= 4 is 33.5 Å². The second-order valence-corrected chi connectivity index (χ2v) is 5.40. The van der Waals surface area contributed by atoms with Crippen LogP contribution in [0.15, 0.2) is 76.3 Å². The van der Waals surface area contributed by atoms with Gasteiger partial charge in [0, 0.05) is 27.8 Å². The highest BCUT2D eigenvalue weighted by atomic mass is 79.9. The second-order valence-electron chi connectivity index (χ2n) is 4.48. The van der Waals surface area contributed by atoms with Gasteiger partial charge in [0.05, 0.1) is 5.71 Å². The molecule has 0 saturated heterocycles. The Balaban J connectivity index is 2.30. The van der Waals surface area contributed by atoms with Crippen molar-refractivity contribution in [1.29, 1.82) is 0 Å². The zero-order valence-electron chi connectivity index (χ0n) is 11.9. The van der Waals surface area contributed by atoms with Gasteiger partial charge in [-0.2, -0.15) is 5.10 Å². The van der Waals surface area contributed by atoms with Gasteiger partial charge < -0.3 is 5.11 Å². The van der Waals surface area contributed by atoms with Crippen molar-refractivity contribution < 1.29 is 14.7 Å². The maximum atomic E-state index is 11.6. The number of aliphatic carboxylic acids is 1. The number of hydrogen-bond acceptors (Lipinski definition) is 3. The van der Waals surface area contributed by atoms with Crippen LogP contribution in [-0.2, 0) is 9.59 Å². The molecule has 2 rings (SSSR count). The third-order valence-electron chi connectivity index (χ3n) is 2.82. The molecule has 116 valence electrons. The van der Waals surface area contributed by atoms with Gasteiger partial charge >= 0.3 is 5.97 Å². The molecule has 5 nitrogen and oxygen atoms in total. The van der Waals surface area contributed by atoms with Crippen LogP contribution in [0.25, 0.3) is 0 Å². The third kappa shape index (κ3) is 5.19. The molecule has 0 aromatic heterocycles. The molecule has 2 aromatic carbocycles. The van der Waals surface area contributed by atoms with Crippen molar-refractivity contribution in [3.8, 4) is 0 Å². The van der Waals surface area contributed by atoms with Crippen molar-refractivity contribution in [1.82, 2.24) is 5.43 Å². The summed E-state index contributed by atoms with van der Waals surface area (Å²) in [6.45, 7) is 0. The summed E-state index contributed by atoms with van der Waals surface area (Å²) in [5.74, 6) is -1.81. The van der Waals surface area contributed by atoms with Gasteiger partial charge in [0.15, 0.2) is 0 Å². The first kappa shape index (κ1) is 16.6. The fourth-order valence-corrected chi connectivity index (χ4v) is 2.06.